The van der Waals surface area contributed by atoms with Crippen LogP contribution in [0.4, 0.5) is 34.1 Å². The summed E-state index contributed by atoms with van der Waals surface area (Å²) in [6, 6.07) is 138. The van der Waals surface area contributed by atoms with E-state index < -0.39 is 0 Å². The molecule has 0 aliphatic carbocycles. The normalized spacial score (nSPS) is 11.4. The van der Waals surface area contributed by atoms with Crippen LogP contribution >= 0.6 is 11.3 Å². The molecular weight excluding hydrogens is 1170 g/mol. The molecule has 0 bridgehead atoms. The Kier molecular flexibility index (Phi) is 14.8. The van der Waals surface area contributed by atoms with Crippen molar-refractivity contribution in [3.05, 3.63) is 376 Å². The van der Waals surface area contributed by atoms with E-state index in [0.29, 0.717) is 0 Å². The Morgan fingerprint density at radius 3 is 0.642 bits per heavy atom. The molecule has 0 aliphatic heterocycles. The number of hydrogen-bond donors (Lipinski definition) is 0. The molecule has 0 aliphatic rings. The Balaban J connectivity index is 0.808. The fourth-order valence-electron chi connectivity index (χ4n) is 14.4. The molecule has 95 heavy (non-hydrogen) atoms. The highest BCUT2D eigenvalue weighted by molar-refractivity contribution is 7.20. The minimum absolute atomic E-state index is 1.07. The van der Waals surface area contributed by atoms with Gasteiger partial charge in [0.05, 0.1) is 0 Å². The van der Waals surface area contributed by atoms with Gasteiger partial charge in [-0.25, -0.2) is 0 Å². The molecular formula is C92H62N2S. The summed E-state index contributed by atoms with van der Waals surface area (Å²) in [5.74, 6) is 0. The van der Waals surface area contributed by atoms with Gasteiger partial charge in [-0.3, -0.25) is 0 Å². The Bertz CT molecular complexity index is 5240. The molecule has 17 aromatic rings. The molecule has 0 atom stereocenters. The minimum atomic E-state index is 1.07. The van der Waals surface area contributed by atoms with E-state index in [9.17, 15) is 0 Å². The largest absolute Gasteiger partial charge is 0.310 e. The molecule has 1 aromatic heterocycles. The van der Waals surface area contributed by atoms with Gasteiger partial charge in [0, 0.05) is 55.0 Å². The van der Waals surface area contributed by atoms with Crippen molar-refractivity contribution in [2.24, 2.45) is 0 Å². The number of hydrogen-bond acceptors (Lipinski definition) is 3. The summed E-state index contributed by atoms with van der Waals surface area (Å²) in [6.45, 7) is 0. The van der Waals surface area contributed by atoms with Crippen molar-refractivity contribution in [2.75, 3.05) is 9.80 Å². The Morgan fingerprint density at radius 2 is 0.358 bits per heavy atom. The maximum Gasteiger partial charge on any atom is 0.0468 e. The maximum absolute atomic E-state index is 2.42. The van der Waals surface area contributed by atoms with Gasteiger partial charge in [0.25, 0.3) is 0 Å². The summed E-state index contributed by atoms with van der Waals surface area (Å²) in [5.41, 5.74) is 23.3. The molecule has 0 fully saturated rings. The third-order valence-electron chi connectivity index (χ3n) is 18.6. The SMILES string of the molecule is c1ccc(-c2c(-c3ccc(N(c4ccccc4)c4ccc5c(-c6ccccc6)c6ccccc6c(-c6ccccc6)c5c4)cc3)sc(-c3ccc(N(c4ccccc4)c4ccc5c(-c6ccccc6)c6ccccc6c(-c6ccccc6)c5c4)cc3)c2-c2ccccc2)cc1. The van der Waals surface area contributed by atoms with E-state index in [4.69, 9.17) is 0 Å². The summed E-state index contributed by atoms with van der Waals surface area (Å²) in [4.78, 5) is 7.24. The molecule has 3 heteroatoms. The van der Waals surface area contributed by atoms with Crippen molar-refractivity contribution in [3.8, 4) is 87.6 Å². The van der Waals surface area contributed by atoms with Crippen LogP contribution in [0.25, 0.3) is 131 Å². The first-order valence-electron chi connectivity index (χ1n) is 32.6. The number of anilines is 6. The van der Waals surface area contributed by atoms with E-state index in [1.807, 2.05) is 11.3 Å². The van der Waals surface area contributed by atoms with Gasteiger partial charge in [0.15, 0.2) is 0 Å². The van der Waals surface area contributed by atoms with Crippen LogP contribution in [0.1, 0.15) is 0 Å². The Morgan fingerprint density at radius 1 is 0.147 bits per heavy atom. The van der Waals surface area contributed by atoms with Gasteiger partial charge < -0.3 is 9.80 Å². The van der Waals surface area contributed by atoms with E-state index in [0.717, 1.165) is 45.3 Å². The quantitative estimate of drug-likeness (QED) is 0.100. The summed E-state index contributed by atoms with van der Waals surface area (Å²) in [7, 11) is 0. The topological polar surface area (TPSA) is 6.48 Å². The summed E-state index contributed by atoms with van der Waals surface area (Å²) >= 11 is 1.87. The van der Waals surface area contributed by atoms with Gasteiger partial charge in [0.2, 0.25) is 0 Å². The molecule has 0 N–H and O–H groups in total. The first-order valence-corrected chi connectivity index (χ1v) is 33.4. The van der Waals surface area contributed by atoms with Crippen molar-refractivity contribution in [3.63, 3.8) is 0 Å². The van der Waals surface area contributed by atoms with Gasteiger partial charge in [-0.15, -0.1) is 11.3 Å². The number of nitrogens with zero attached hydrogens (tertiary/aromatic N) is 2. The second-order valence-corrected chi connectivity index (χ2v) is 25.2. The molecule has 17 rings (SSSR count). The average Bonchev–Trinajstić information content (AvgIpc) is 1.28. The molecule has 1 heterocycles. The fraction of sp³-hybridized carbons (Fsp3) is 0. The highest BCUT2D eigenvalue weighted by atomic mass is 32.1. The predicted molar refractivity (Wildman–Crippen MR) is 407 cm³/mol. The van der Waals surface area contributed by atoms with Crippen LogP contribution in [0.3, 0.4) is 0 Å². The molecule has 0 amide bonds. The number of fused-ring (bicyclic) bond motifs is 4. The van der Waals surface area contributed by atoms with Crippen molar-refractivity contribution in [1.29, 1.82) is 0 Å². The second-order valence-electron chi connectivity index (χ2n) is 24.2. The maximum atomic E-state index is 2.42. The molecule has 2 nitrogen and oxygen atoms in total. The molecule has 0 unspecified atom stereocenters. The van der Waals surface area contributed by atoms with Crippen molar-refractivity contribution < 1.29 is 0 Å². The Labute approximate surface area is 558 Å². The number of rotatable bonds is 14. The third kappa shape index (κ3) is 10.4. The van der Waals surface area contributed by atoms with Crippen LogP contribution in [-0.4, -0.2) is 0 Å². The predicted octanol–water partition coefficient (Wildman–Crippen LogP) is 26.6. The van der Waals surface area contributed by atoms with Crippen molar-refractivity contribution in [1.82, 2.24) is 0 Å². The number of thiophene rings is 1. The molecule has 16 aromatic carbocycles. The van der Waals surface area contributed by atoms with Gasteiger partial charge in [0.1, 0.15) is 0 Å². The monoisotopic (exact) mass is 1230 g/mol. The Hall–Kier alpha value is -12.1. The van der Waals surface area contributed by atoms with E-state index >= 15 is 0 Å². The zero-order valence-corrected chi connectivity index (χ0v) is 52.9. The van der Waals surface area contributed by atoms with Crippen LogP contribution in [0, 0.1) is 0 Å². The molecule has 446 valence electrons. The first-order chi connectivity index (χ1) is 47.2. The smallest absolute Gasteiger partial charge is 0.0468 e. The van der Waals surface area contributed by atoms with E-state index in [1.54, 1.807) is 0 Å². The summed E-state index contributed by atoms with van der Waals surface area (Å²) in [6.07, 6.45) is 0. The zero-order chi connectivity index (χ0) is 63.0. The van der Waals surface area contributed by atoms with Gasteiger partial charge in [-0.1, -0.05) is 303 Å². The van der Waals surface area contributed by atoms with E-state index in [-0.39, 0.29) is 0 Å². The van der Waals surface area contributed by atoms with Crippen molar-refractivity contribution in [2.45, 2.75) is 0 Å². The third-order valence-corrected chi connectivity index (χ3v) is 19.9. The zero-order valence-electron chi connectivity index (χ0n) is 52.1. The average molecular weight is 1230 g/mol. The van der Waals surface area contributed by atoms with Crippen LogP contribution in [0.15, 0.2) is 376 Å². The fourth-order valence-corrected chi connectivity index (χ4v) is 15.8. The lowest BCUT2D eigenvalue weighted by molar-refractivity contribution is 1.29. The van der Waals surface area contributed by atoms with Gasteiger partial charge in [-0.2, -0.15) is 0 Å². The highest BCUT2D eigenvalue weighted by Gasteiger charge is 2.26. The summed E-state index contributed by atoms with van der Waals surface area (Å²) in [5, 5.41) is 9.78. The van der Waals surface area contributed by atoms with Crippen LogP contribution in [0.2, 0.25) is 0 Å². The van der Waals surface area contributed by atoms with E-state index in [1.165, 1.54) is 120 Å². The number of para-hydroxylation sites is 2. The first kappa shape index (κ1) is 56.8. The second kappa shape index (κ2) is 24.8. The lowest BCUT2D eigenvalue weighted by atomic mass is 9.85. The lowest BCUT2D eigenvalue weighted by Crippen LogP contribution is -2.10. The van der Waals surface area contributed by atoms with E-state index in [2.05, 4.69) is 386 Å². The van der Waals surface area contributed by atoms with Gasteiger partial charge >= 0.3 is 0 Å². The van der Waals surface area contributed by atoms with Crippen LogP contribution in [0.5, 0.6) is 0 Å². The van der Waals surface area contributed by atoms with Crippen molar-refractivity contribution >= 4 is 88.6 Å². The van der Waals surface area contributed by atoms with Gasteiger partial charge in [-0.05, 0) is 183 Å². The summed E-state index contributed by atoms with van der Waals surface area (Å²) < 4.78 is 0. The molecule has 0 saturated heterocycles. The number of benzene rings is 16. The molecule has 0 saturated carbocycles. The highest BCUT2D eigenvalue weighted by Crippen LogP contribution is 2.54. The minimum Gasteiger partial charge on any atom is -0.310 e. The molecule has 0 radical (unpaired) electrons. The lowest BCUT2D eigenvalue weighted by Gasteiger charge is -2.27. The van der Waals surface area contributed by atoms with Crippen LogP contribution < -0.4 is 9.80 Å². The molecule has 0 spiro atoms. The van der Waals surface area contributed by atoms with Crippen LogP contribution in [-0.2, 0) is 0 Å². The standard InChI is InChI=1S/C92H62N2S/c1-9-29-63(30-10-1)85-77-45-25-27-47-79(77)87(65-33-13-3-14-34-65)83-61-75(57-59-81(83)85)93(71-41-21-7-22-42-71)73-53-49-69(50-54-73)91-89(67-37-17-5-18-38-67)90(68-39-19-6-20-40-68)92(95-91)70-51-55-74(56-52-70)94(72-43-23-8-24-44-72)76-58-60-82-84(62-76)88(66-35-15-4-16-36-66)80-48-28-26-46-78(80)86(82)64-31-11-2-12-32-64/h1-62H.